The molecule has 2 bridgehead atoms. The number of hydrogen-bond acceptors (Lipinski definition) is 5. The molecule has 9 heavy (non-hydrogen) atoms. The summed E-state index contributed by atoms with van der Waals surface area (Å²) in [4.78, 5) is 0. The average Bonchev–Trinajstić information content (AvgIpc) is 2.18. The van der Waals surface area contributed by atoms with Crippen LogP contribution in [0.15, 0.2) is 5.76 Å². The minimum Gasteiger partial charge on any atom is -0.393 e. The molecule has 3 heterocycles. The second-order valence-electron chi connectivity index (χ2n) is 1.55. The zero-order valence-electron chi connectivity index (χ0n) is 4.07. The Labute approximate surface area is 56.0 Å². The van der Waals surface area contributed by atoms with Gasteiger partial charge in [0.05, 0.1) is 0 Å². The van der Waals surface area contributed by atoms with Crippen LogP contribution in [-0.4, -0.2) is 11.3 Å². The summed E-state index contributed by atoms with van der Waals surface area (Å²) >= 11 is 4.37. The van der Waals surface area contributed by atoms with E-state index in [0.29, 0.717) is 0 Å². The molecule has 0 radical (unpaired) electrons. The predicted molar refractivity (Wildman–Crippen MR) is 30.8 cm³/mol. The Morgan fingerprint density at radius 1 is 1.67 bits per heavy atom. The van der Waals surface area contributed by atoms with Crippen molar-refractivity contribution in [3.05, 3.63) is 5.76 Å². The molecule has 0 saturated carbocycles. The molecule has 0 atom stereocenters. The first kappa shape index (κ1) is 5.59. The van der Waals surface area contributed by atoms with Gasteiger partial charge in [-0.1, -0.05) is 0 Å². The summed E-state index contributed by atoms with van der Waals surface area (Å²) in [7, 11) is -3.14. The molecule has 6 heteroatoms. The molecule has 48 valence electrons. The second-order valence-corrected chi connectivity index (χ2v) is 3.25. The van der Waals surface area contributed by atoms with E-state index >= 15 is 0 Å². The van der Waals surface area contributed by atoms with Gasteiger partial charge in [0.15, 0.2) is 0 Å². The first-order valence-electron chi connectivity index (χ1n) is 2.15. The van der Waals surface area contributed by atoms with Crippen LogP contribution in [0.2, 0.25) is 0 Å². The smallest absolute Gasteiger partial charge is 0.393 e. The Hall–Kier alpha value is -0.180. The molecule has 3 aliphatic heterocycles. The molecule has 0 aromatic rings. The van der Waals surface area contributed by atoms with E-state index in [0.717, 1.165) is 0 Å². The summed E-state index contributed by atoms with van der Waals surface area (Å²) < 4.78 is 24.4. The molecule has 0 N–H and O–H groups in total. The average molecular weight is 164 g/mol. The number of thiocarbonyl (C=S) groups is 1. The normalized spacial score (nSPS) is 45.3. The zero-order valence-corrected chi connectivity index (χ0v) is 5.78. The van der Waals surface area contributed by atoms with Gasteiger partial charge in [-0.25, -0.2) is 13.6 Å². The van der Waals surface area contributed by atoms with Gasteiger partial charge in [-0.3, -0.25) is 0 Å². The second kappa shape index (κ2) is 1.45. The lowest BCUT2D eigenvalue weighted by Crippen LogP contribution is -2.16. The topological polar surface area (TPSA) is 44.8 Å². The lowest BCUT2D eigenvalue weighted by atomic mass is 10.6. The van der Waals surface area contributed by atoms with Gasteiger partial charge >= 0.3 is 7.82 Å². The van der Waals surface area contributed by atoms with Gasteiger partial charge in [-0.15, -0.1) is 0 Å². The minimum absolute atomic E-state index is 0.216. The molecule has 3 saturated heterocycles. The van der Waals surface area contributed by atoms with Gasteiger partial charge in [-0.05, 0) is 12.2 Å². The van der Waals surface area contributed by atoms with Gasteiger partial charge < -0.3 is 4.52 Å². The standard InChI is InChI=1S/C3HO4PS/c4-8-5-2(1-9)3(6-8)7-8/h3H. The van der Waals surface area contributed by atoms with E-state index in [1.54, 1.807) is 0 Å². The van der Waals surface area contributed by atoms with Gasteiger partial charge in [0.2, 0.25) is 12.0 Å². The maximum Gasteiger partial charge on any atom is 0.536 e. The Kier molecular flexibility index (Phi) is 0.903. The molecule has 3 fully saturated rings. The van der Waals surface area contributed by atoms with Crippen molar-refractivity contribution >= 4 is 25.1 Å². The molecule has 0 aliphatic carbocycles. The monoisotopic (exact) mass is 164 g/mol. The number of hydrogen-bond donors (Lipinski definition) is 0. The highest BCUT2D eigenvalue weighted by atomic mass is 32.1. The van der Waals surface area contributed by atoms with E-state index in [2.05, 4.69) is 30.8 Å². The van der Waals surface area contributed by atoms with Crippen LogP contribution in [0.5, 0.6) is 0 Å². The minimum atomic E-state index is -3.14. The fourth-order valence-electron chi connectivity index (χ4n) is 0.611. The van der Waals surface area contributed by atoms with Crippen LogP contribution in [0.25, 0.3) is 0 Å². The maximum absolute atomic E-state index is 10.7. The van der Waals surface area contributed by atoms with Crippen molar-refractivity contribution in [2.24, 2.45) is 0 Å². The third kappa shape index (κ3) is 0.611. The van der Waals surface area contributed by atoms with Crippen molar-refractivity contribution in [1.82, 2.24) is 0 Å². The van der Waals surface area contributed by atoms with E-state index in [4.69, 9.17) is 0 Å². The molecule has 0 amide bonds. The zero-order chi connectivity index (χ0) is 6.48. The summed E-state index contributed by atoms with van der Waals surface area (Å²) in [5.74, 6) is 0.216. The quantitative estimate of drug-likeness (QED) is 0.394. The maximum atomic E-state index is 10.7. The molecule has 4 nitrogen and oxygen atoms in total. The van der Waals surface area contributed by atoms with Crippen LogP contribution in [-0.2, 0) is 18.1 Å². The highest BCUT2D eigenvalue weighted by molar-refractivity contribution is 7.78. The van der Waals surface area contributed by atoms with E-state index in [-0.39, 0.29) is 5.76 Å². The van der Waals surface area contributed by atoms with E-state index < -0.39 is 14.1 Å². The van der Waals surface area contributed by atoms with Gasteiger partial charge in [0.1, 0.15) is 0 Å². The SMILES string of the molecule is O=P12OC(=C=S)C(O1)O2. The Bertz CT molecular complexity index is 245. The molecule has 0 aromatic heterocycles. The highest BCUT2D eigenvalue weighted by Crippen LogP contribution is 2.69. The molecule has 3 rings (SSSR count). The summed E-state index contributed by atoms with van der Waals surface area (Å²) in [6.45, 7) is 0. The van der Waals surface area contributed by atoms with Crippen molar-refractivity contribution in [2.75, 3.05) is 0 Å². The van der Waals surface area contributed by atoms with Gasteiger partial charge in [0, 0.05) is 5.02 Å². The third-order valence-corrected chi connectivity index (χ3v) is 2.50. The molecule has 0 aromatic carbocycles. The van der Waals surface area contributed by atoms with Crippen LogP contribution in [0, 0.1) is 0 Å². The van der Waals surface area contributed by atoms with Crippen LogP contribution in [0.3, 0.4) is 0 Å². The molecule has 0 unspecified atom stereocenters. The first-order valence-corrected chi connectivity index (χ1v) is 4.02. The Balaban J connectivity index is 2.43. The van der Waals surface area contributed by atoms with Gasteiger partial charge in [-0.2, -0.15) is 0 Å². The number of rotatable bonds is 0. The van der Waals surface area contributed by atoms with E-state index in [1.807, 2.05) is 0 Å². The molecular weight excluding hydrogens is 163 g/mol. The van der Waals surface area contributed by atoms with Gasteiger partial charge in [0.25, 0.3) is 0 Å². The third-order valence-electron chi connectivity index (χ3n) is 0.974. The predicted octanol–water partition coefficient (Wildman–Crippen LogP) is 0.980. The van der Waals surface area contributed by atoms with Crippen LogP contribution in [0.1, 0.15) is 0 Å². The van der Waals surface area contributed by atoms with Crippen LogP contribution >= 0.6 is 20.0 Å². The highest BCUT2D eigenvalue weighted by Gasteiger charge is 2.58. The largest absolute Gasteiger partial charge is 0.536 e. The fourth-order valence-corrected chi connectivity index (χ4v) is 1.95. The van der Waals surface area contributed by atoms with E-state index in [9.17, 15) is 4.57 Å². The molecular formula is C3HO4PS. The lowest BCUT2D eigenvalue weighted by Gasteiger charge is -2.16. The Morgan fingerprint density at radius 2 is 2.33 bits per heavy atom. The van der Waals surface area contributed by atoms with Crippen molar-refractivity contribution in [3.63, 3.8) is 0 Å². The van der Waals surface area contributed by atoms with Crippen LogP contribution in [0.4, 0.5) is 0 Å². The molecule has 0 spiro atoms. The summed E-state index contributed by atoms with van der Waals surface area (Å²) in [6, 6.07) is 0. The summed E-state index contributed by atoms with van der Waals surface area (Å²) in [5, 5.41) is 2.24. The summed E-state index contributed by atoms with van der Waals surface area (Å²) in [6.07, 6.45) is -0.645. The number of phosphoric ester groups is 1. The first-order chi connectivity index (χ1) is 4.23. The van der Waals surface area contributed by atoms with E-state index in [1.165, 1.54) is 0 Å². The van der Waals surface area contributed by atoms with Crippen molar-refractivity contribution in [3.8, 4) is 0 Å². The summed E-state index contributed by atoms with van der Waals surface area (Å²) in [5.41, 5.74) is 0. The van der Waals surface area contributed by atoms with Crippen molar-refractivity contribution in [1.29, 1.82) is 0 Å². The molecule has 3 aliphatic rings. The lowest BCUT2D eigenvalue weighted by molar-refractivity contribution is -0.0423. The van der Waals surface area contributed by atoms with Crippen molar-refractivity contribution < 1.29 is 18.1 Å². The van der Waals surface area contributed by atoms with Crippen molar-refractivity contribution in [2.45, 2.75) is 6.29 Å². The number of phosphoric acid groups is 1. The van der Waals surface area contributed by atoms with Crippen LogP contribution < -0.4 is 0 Å². The Morgan fingerprint density at radius 3 is 2.56 bits per heavy atom. The fraction of sp³-hybridized carbons (Fsp3) is 0.333. The number of fused-ring (bicyclic) bond motifs is 1.